The van der Waals surface area contributed by atoms with E-state index in [0.717, 1.165) is 19.3 Å². The maximum Gasteiger partial charge on any atom is 0.404 e. The predicted octanol–water partition coefficient (Wildman–Crippen LogP) is 0.674. The SMILES string of the molecule is CCCCC(C)(CO)CO.CNC(=O)O.NC(=O)O. The summed E-state index contributed by atoms with van der Waals surface area (Å²) in [6.45, 7) is 4.19. The number of unbranched alkanes of at least 4 members (excludes halogenated alkanes) is 1. The van der Waals surface area contributed by atoms with Crippen LogP contribution >= 0.6 is 0 Å². The van der Waals surface area contributed by atoms with Gasteiger partial charge in [0.15, 0.2) is 0 Å². The van der Waals surface area contributed by atoms with E-state index in [4.69, 9.17) is 25.2 Å². The van der Waals surface area contributed by atoms with E-state index in [9.17, 15) is 4.79 Å². The second-order valence-corrected chi connectivity index (χ2v) is 4.12. The van der Waals surface area contributed by atoms with Crippen LogP contribution in [0.15, 0.2) is 0 Å². The fraction of sp³-hybridized carbons (Fsp3) is 0.818. The van der Waals surface area contributed by atoms with Gasteiger partial charge in [0.2, 0.25) is 0 Å². The lowest BCUT2D eigenvalue weighted by Crippen LogP contribution is -2.25. The Morgan fingerprint density at radius 2 is 1.53 bits per heavy atom. The van der Waals surface area contributed by atoms with Crippen LogP contribution < -0.4 is 11.1 Å². The minimum atomic E-state index is -1.33. The Balaban J connectivity index is -0.000000238. The molecule has 0 aliphatic carbocycles. The van der Waals surface area contributed by atoms with E-state index in [1.54, 1.807) is 0 Å². The second kappa shape index (κ2) is 14.5. The standard InChI is InChI=1S/C8H18O2.C2H5NO2.CH3NO2/c1-3-4-5-8(2,6-9)7-10;1-3-2(4)5;2-1(3)4/h9-10H,3-7H2,1-2H3;3H,1H3,(H,4,5);2H2,(H,3,4). The van der Waals surface area contributed by atoms with E-state index in [0.29, 0.717) is 0 Å². The summed E-state index contributed by atoms with van der Waals surface area (Å²) in [4.78, 5) is 18.0. The van der Waals surface area contributed by atoms with Gasteiger partial charge < -0.3 is 31.5 Å². The molecule has 0 fully saturated rings. The van der Waals surface area contributed by atoms with Crippen LogP contribution in [0.25, 0.3) is 0 Å². The Bertz CT molecular complexity index is 227. The van der Waals surface area contributed by atoms with Crippen LogP contribution in [0.3, 0.4) is 0 Å². The first-order chi connectivity index (χ1) is 8.68. The van der Waals surface area contributed by atoms with Crippen molar-refractivity contribution >= 4 is 12.2 Å². The Labute approximate surface area is 113 Å². The number of carbonyl (C=O) groups is 2. The van der Waals surface area contributed by atoms with Crippen LogP contribution in [0.1, 0.15) is 33.1 Å². The van der Waals surface area contributed by atoms with E-state index in [1.807, 2.05) is 12.2 Å². The van der Waals surface area contributed by atoms with Crippen LogP contribution in [-0.4, -0.2) is 52.9 Å². The summed E-state index contributed by atoms with van der Waals surface area (Å²) in [5, 5.41) is 34.5. The van der Waals surface area contributed by atoms with Crippen molar-refractivity contribution in [2.75, 3.05) is 20.3 Å². The number of primary amides is 1. The van der Waals surface area contributed by atoms with E-state index in [-0.39, 0.29) is 18.6 Å². The normalized spacial score (nSPS) is 9.32. The van der Waals surface area contributed by atoms with Gasteiger partial charge in [-0.25, -0.2) is 9.59 Å². The minimum Gasteiger partial charge on any atom is -0.465 e. The maximum atomic E-state index is 9.26. The molecule has 8 heteroatoms. The average Bonchev–Trinajstić information content (AvgIpc) is 2.36. The zero-order chi connectivity index (χ0) is 15.9. The van der Waals surface area contributed by atoms with Crippen molar-refractivity contribution in [1.82, 2.24) is 5.32 Å². The van der Waals surface area contributed by atoms with Crippen LogP contribution in [0.2, 0.25) is 0 Å². The van der Waals surface area contributed by atoms with Crippen molar-refractivity contribution in [2.24, 2.45) is 11.1 Å². The summed E-state index contributed by atoms with van der Waals surface area (Å²) in [6.07, 6.45) is 0.786. The van der Waals surface area contributed by atoms with Crippen molar-refractivity contribution in [2.45, 2.75) is 33.1 Å². The van der Waals surface area contributed by atoms with Gasteiger partial charge in [0.25, 0.3) is 0 Å². The van der Waals surface area contributed by atoms with E-state index in [1.165, 1.54) is 7.05 Å². The second-order valence-electron chi connectivity index (χ2n) is 4.12. The molecule has 0 aliphatic rings. The first-order valence-electron chi connectivity index (χ1n) is 5.79. The van der Waals surface area contributed by atoms with E-state index >= 15 is 0 Å². The minimum absolute atomic E-state index is 0.0868. The molecule has 0 radical (unpaired) electrons. The molecule has 0 atom stereocenters. The van der Waals surface area contributed by atoms with Gasteiger partial charge in [0.05, 0.1) is 13.2 Å². The first-order valence-corrected chi connectivity index (χ1v) is 5.79. The molecule has 0 unspecified atom stereocenters. The molecular weight excluding hydrogens is 256 g/mol. The van der Waals surface area contributed by atoms with E-state index in [2.05, 4.69) is 12.7 Å². The van der Waals surface area contributed by atoms with Gasteiger partial charge in [-0.15, -0.1) is 0 Å². The Kier molecular flexibility index (Phi) is 17.3. The molecule has 0 heterocycles. The number of rotatable bonds is 5. The van der Waals surface area contributed by atoms with Crippen LogP contribution in [0.5, 0.6) is 0 Å². The van der Waals surface area contributed by atoms with Crippen LogP contribution in [0, 0.1) is 5.41 Å². The maximum absolute atomic E-state index is 9.26. The van der Waals surface area contributed by atoms with Crippen molar-refractivity contribution in [1.29, 1.82) is 0 Å². The Morgan fingerprint density at radius 1 is 1.21 bits per heavy atom. The third-order valence-corrected chi connectivity index (χ3v) is 2.11. The zero-order valence-corrected chi connectivity index (χ0v) is 11.7. The van der Waals surface area contributed by atoms with Crippen molar-refractivity contribution in [3.63, 3.8) is 0 Å². The number of hydrogen-bond acceptors (Lipinski definition) is 4. The largest absolute Gasteiger partial charge is 0.465 e. The quantitative estimate of drug-likeness (QED) is 0.436. The summed E-state index contributed by atoms with van der Waals surface area (Å²) in [6, 6.07) is 0. The summed E-state index contributed by atoms with van der Waals surface area (Å²) < 4.78 is 0. The van der Waals surface area contributed by atoms with Crippen LogP contribution in [-0.2, 0) is 0 Å². The lowest BCUT2D eigenvalue weighted by atomic mass is 9.87. The molecule has 19 heavy (non-hydrogen) atoms. The van der Waals surface area contributed by atoms with Gasteiger partial charge in [-0.1, -0.05) is 26.7 Å². The van der Waals surface area contributed by atoms with E-state index < -0.39 is 12.2 Å². The molecule has 8 nitrogen and oxygen atoms in total. The van der Waals surface area contributed by atoms with Crippen molar-refractivity contribution in [3.05, 3.63) is 0 Å². The number of aliphatic hydroxyl groups excluding tert-OH is 2. The molecule has 0 bridgehead atoms. The number of hydrogen-bond donors (Lipinski definition) is 6. The highest BCUT2D eigenvalue weighted by atomic mass is 16.4. The molecule has 0 aromatic carbocycles. The molecule has 0 saturated carbocycles. The molecule has 0 saturated heterocycles. The topological polar surface area (TPSA) is 153 Å². The molecule has 0 spiro atoms. The molecule has 0 aliphatic heterocycles. The molecule has 2 amide bonds. The summed E-state index contributed by atoms with van der Waals surface area (Å²) in [5.74, 6) is 0. The third-order valence-electron chi connectivity index (χ3n) is 2.11. The fourth-order valence-electron chi connectivity index (χ4n) is 0.812. The average molecular weight is 282 g/mol. The summed E-state index contributed by atoms with van der Waals surface area (Å²) >= 11 is 0. The molecule has 0 aromatic heterocycles. The van der Waals surface area contributed by atoms with Crippen molar-refractivity contribution < 1.29 is 30.0 Å². The molecule has 7 N–H and O–H groups in total. The monoisotopic (exact) mass is 282 g/mol. The first kappa shape index (κ1) is 22.6. The number of amides is 2. The molecule has 0 rings (SSSR count). The van der Waals surface area contributed by atoms with Gasteiger partial charge in [0, 0.05) is 12.5 Å². The lowest BCUT2D eigenvalue weighted by Gasteiger charge is -2.23. The zero-order valence-electron chi connectivity index (χ0n) is 11.7. The number of nitrogens with two attached hydrogens (primary N) is 1. The van der Waals surface area contributed by atoms with Gasteiger partial charge >= 0.3 is 12.2 Å². The third kappa shape index (κ3) is 26.2. The smallest absolute Gasteiger partial charge is 0.404 e. The fourth-order valence-corrected chi connectivity index (χ4v) is 0.812. The highest BCUT2D eigenvalue weighted by molar-refractivity contribution is 5.63. The Hall–Kier alpha value is -1.54. The highest BCUT2D eigenvalue weighted by Crippen LogP contribution is 2.21. The summed E-state index contributed by atoms with van der Waals surface area (Å²) in [5.41, 5.74) is 3.77. The molecule has 0 aromatic rings. The van der Waals surface area contributed by atoms with Gasteiger partial charge in [-0.05, 0) is 6.42 Å². The van der Waals surface area contributed by atoms with Gasteiger partial charge in [-0.3, -0.25) is 0 Å². The van der Waals surface area contributed by atoms with Crippen molar-refractivity contribution in [3.8, 4) is 0 Å². The number of nitrogens with one attached hydrogen (secondary N) is 1. The van der Waals surface area contributed by atoms with Gasteiger partial charge in [0.1, 0.15) is 0 Å². The molecular formula is C11H26N2O6. The highest BCUT2D eigenvalue weighted by Gasteiger charge is 2.20. The Morgan fingerprint density at radius 3 is 1.68 bits per heavy atom. The predicted molar refractivity (Wildman–Crippen MR) is 71.1 cm³/mol. The summed E-state index contributed by atoms with van der Waals surface area (Å²) in [7, 11) is 1.35. The molecule has 116 valence electrons. The van der Waals surface area contributed by atoms with Crippen LogP contribution in [0.4, 0.5) is 9.59 Å². The number of carboxylic acid groups (broad SMARTS) is 2. The lowest BCUT2D eigenvalue weighted by molar-refractivity contribution is 0.0610. The van der Waals surface area contributed by atoms with Gasteiger partial charge in [-0.2, -0.15) is 0 Å². The number of aliphatic hydroxyl groups is 2.